The van der Waals surface area contributed by atoms with E-state index in [9.17, 15) is 13.6 Å². The van der Waals surface area contributed by atoms with Gasteiger partial charge in [-0.1, -0.05) is 12.6 Å². The standard InChI is InChI=1S/C25H16F2N4O2/c1-15-19-13-17(33-24-4-2-3-11-28-24)6-8-21(19)31(14-29-15)22-9-10-23(32)30-25(22)18-7-5-16(26)12-20(18)27/h2-14H,1H2,(H,30,32). The number of rotatable bonds is 4. The van der Waals surface area contributed by atoms with Crippen molar-refractivity contribution in [1.29, 1.82) is 0 Å². The van der Waals surface area contributed by atoms with Gasteiger partial charge in [0.2, 0.25) is 11.4 Å². The molecule has 0 atom stereocenters. The third-order valence-electron chi connectivity index (χ3n) is 5.08. The van der Waals surface area contributed by atoms with E-state index in [0.717, 1.165) is 12.1 Å². The van der Waals surface area contributed by atoms with Gasteiger partial charge >= 0.3 is 0 Å². The molecule has 0 aliphatic carbocycles. The first-order chi connectivity index (χ1) is 16.0. The quantitative estimate of drug-likeness (QED) is 0.443. The minimum absolute atomic E-state index is 0.0542. The van der Waals surface area contributed by atoms with Crippen LogP contribution < -0.4 is 15.2 Å². The summed E-state index contributed by atoms with van der Waals surface area (Å²) < 4.78 is 33.9. The van der Waals surface area contributed by atoms with Crippen LogP contribution in [0, 0.1) is 11.6 Å². The zero-order valence-electron chi connectivity index (χ0n) is 17.1. The summed E-state index contributed by atoms with van der Waals surface area (Å²) in [5, 5.41) is 0. The van der Waals surface area contributed by atoms with Crippen molar-refractivity contribution in [2.75, 3.05) is 4.90 Å². The Morgan fingerprint density at radius 2 is 1.79 bits per heavy atom. The zero-order chi connectivity index (χ0) is 22.9. The van der Waals surface area contributed by atoms with Gasteiger partial charge in [0.15, 0.2) is 0 Å². The molecule has 2 aromatic carbocycles. The number of hydrogen-bond donors (Lipinski definition) is 1. The second-order valence-electron chi connectivity index (χ2n) is 7.22. The first kappa shape index (κ1) is 20.3. The number of aliphatic imine (C=N–C) groups is 1. The van der Waals surface area contributed by atoms with Gasteiger partial charge < -0.3 is 9.72 Å². The van der Waals surface area contributed by atoms with E-state index in [2.05, 4.69) is 21.5 Å². The minimum Gasteiger partial charge on any atom is -0.439 e. The van der Waals surface area contributed by atoms with Crippen molar-refractivity contribution in [3.8, 4) is 22.9 Å². The molecule has 6 nitrogen and oxygen atoms in total. The number of halogens is 2. The summed E-state index contributed by atoms with van der Waals surface area (Å²) in [5.41, 5.74) is 2.16. The molecule has 0 radical (unpaired) electrons. The van der Waals surface area contributed by atoms with Crippen molar-refractivity contribution in [2.45, 2.75) is 0 Å². The minimum atomic E-state index is -0.796. The third kappa shape index (κ3) is 3.89. The number of nitrogens with zero attached hydrogens (tertiary/aromatic N) is 3. The Balaban J connectivity index is 1.60. The number of anilines is 2. The molecule has 0 spiro atoms. The molecule has 0 unspecified atom stereocenters. The summed E-state index contributed by atoms with van der Waals surface area (Å²) in [4.78, 5) is 24.9. The Morgan fingerprint density at radius 3 is 2.58 bits per heavy atom. The van der Waals surface area contributed by atoms with Crippen LogP contribution in [0.1, 0.15) is 5.56 Å². The molecule has 0 saturated heterocycles. The van der Waals surface area contributed by atoms with E-state index in [4.69, 9.17) is 4.74 Å². The van der Waals surface area contributed by atoms with Crippen molar-refractivity contribution < 1.29 is 13.5 Å². The number of hydrogen-bond acceptors (Lipinski definition) is 5. The molecule has 3 heterocycles. The van der Waals surface area contributed by atoms with E-state index in [1.165, 1.54) is 18.5 Å². The summed E-state index contributed by atoms with van der Waals surface area (Å²) in [6.07, 6.45) is 3.16. The van der Waals surface area contributed by atoms with Gasteiger partial charge in [-0.3, -0.25) is 9.69 Å². The summed E-state index contributed by atoms with van der Waals surface area (Å²) in [6.45, 7) is 4.00. The van der Waals surface area contributed by atoms with Crippen LogP contribution in [0.25, 0.3) is 17.0 Å². The van der Waals surface area contributed by atoms with Crippen LogP contribution in [0.4, 0.5) is 20.2 Å². The van der Waals surface area contributed by atoms with E-state index in [1.54, 1.807) is 47.5 Å². The number of aromatic nitrogens is 2. The molecule has 8 heteroatoms. The average molecular weight is 442 g/mol. The Hall–Kier alpha value is -4.59. The molecule has 0 saturated carbocycles. The molecule has 0 amide bonds. The highest BCUT2D eigenvalue weighted by molar-refractivity contribution is 6.02. The fourth-order valence-corrected chi connectivity index (χ4v) is 3.56. The fourth-order valence-electron chi connectivity index (χ4n) is 3.56. The normalized spacial score (nSPS) is 12.5. The number of benzene rings is 2. The molecule has 1 aliphatic rings. The van der Waals surface area contributed by atoms with E-state index < -0.39 is 17.2 Å². The molecular formula is C25H16F2N4O2. The van der Waals surface area contributed by atoms with Crippen LogP contribution in [0.3, 0.4) is 0 Å². The molecule has 1 aliphatic heterocycles. The van der Waals surface area contributed by atoms with Gasteiger partial charge in [0, 0.05) is 35.5 Å². The number of ether oxygens (including phenoxy) is 1. The number of aromatic amines is 1. The van der Waals surface area contributed by atoms with Crippen molar-refractivity contribution >= 4 is 23.4 Å². The highest BCUT2D eigenvalue weighted by Gasteiger charge is 2.23. The maximum Gasteiger partial charge on any atom is 0.248 e. The van der Waals surface area contributed by atoms with Gasteiger partial charge in [-0.2, -0.15) is 0 Å². The van der Waals surface area contributed by atoms with Crippen molar-refractivity contribution in [2.24, 2.45) is 4.99 Å². The molecule has 0 fully saturated rings. The van der Waals surface area contributed by atoms with Crippen LogP contribution >= 0.6 is 0 Å². The topological polar surface area (TPSA) is 70.6 Å². The van der Waals surface area contributed by atoms with Crippen LogP contribution in [0.5, 0.6) is 11.6 Å². The summed E-state index contributed by atoms with van der Waals surface area (Å²) in [7, 11) is 0. The number of H-pyrrole nitrogens is 1. The number of nitrogens with one attached hydrogen (secondary N) is 1. The number of pyridine rings is 2. The first-order valence-corrected chi connectivity index (χ1v) is 9.94. The first-order valence-electron chi connectivity index (χ1n) is 9.94. The monoisotopic (exact) mass is 442 g/mol. The van der Waals surface area contributed by atoms with Gasteiger partial charge in [0.25, 0.3) is 0 Å². The summed E-state index contributed by atoms with van der Waals surface area (Å²) in [6, 6.07) is 16.8. The molecular weight excluding hydrogens is 426 g/mol. The second kappa shape index (κ2) is 8.16. The molecule has 4 aromatic rings. The number of fused-ring (bicyclic) bond motifs is 1. The lowest BCUT2D eigenvalue weighted by Crippen LogP contribution is -2.22. The van der Waals surface area contributed by atoms with Crippen LogP contribution in [0.15, 0.2) is 89.3 Å². The Kier molecular flexibility index (Phi) is 5.02. The molecule has 33 heavy (non-hydrogen) atoms. The molecule has 162 valence electrons. The lowest BCUT2D eigenvalue weighted by atomic mass is 10.0. The predicted octanol–water partition coefficient (Wildman–Crippen LogP) is 5.66. The SMILES string of the molecule is C=C1N=CN(c2ccc(=O)[nH]c2-c2ccc(F)cc2F)c2ccc(Oc3ccccn3)cc21. The van der Waals surface area contributed by atoms with Crippen molar-refractivity contribution in [1.82, 2.24) is 9.97 Å². The van der Waals surface area contributed by atoms with Crippen LogP contribution in [0.2, 0.25) is 0 Å². The van der Waals surface area contributed by atoms with E-state index in [-0.39, 0.29) is 11.3 Å². The van der Waals surface area contributed by atoms with Crippen molar-refractivity contribution in [3.05, 3.63) is 107 Å². The average Bonchev–Trinajstić information content (AvgIpc) is 2.81. The van der Waals surface area contributed by atoms with Crippen LogP contribution in [-0.4, -0.2) is 16.3 Å². The summed E-state index contributed by atoms with van der Waals surface area (Å²) in [5.74, 6) is -0.528. The molecule has 5 rings (SSSR count). The van der Waals surface area contributed by atoms with Gasteiger partial charge in [-0.05, 0) is 42.5 Å². The van der Waals surface area contributed by atoms with E-state index in [1.807, 2.05) is 6.07 Å². The maximum absolute atomic E-state index is 14.6. The van der Waals surface area contributed by atoms with Crippen molar-refractivity contribution in [3.63, 3.8) is 0 Å². The maximum atomic E-state index is 14.6. The predicted molar refractivity (Wildman–Crippen MR) is 123 cm³/mol. The second-order valence-corrected chi connectivity index (χ2v) is 7.22. The molecule has 2 aromatic heterocycles. The van der Waals surface area contributed by atoms with Gasteiger partial charge in [0.1, 0.15) is 23.7 Å². The third-order valence-corrected chi connectivity index (χ3v) is 5.08. The summed E-state index contributed by atoms with van der Waals surface area (Å²) >= 11 is 0. The largest absolute Gasteiger partial charge is 0.439 e. The molecule has 0 bridgehead atoms. The Morgan fingerprint density at radius 1 is 0.939 bits per heavy atom. The smallest absolute Gasteiger partial charge is 0.248 e. The lowest BCUT2D eigenvalue weighted by Gasteiger charge is -2.28. The van der Waals surface area contributed by atoms with Gasteiger partial charge in [-0.15, -0.1) is 0 Å². The fraction of sp³-hybridized carbons (Fsp3) is 0. The highest BCUT2D eigenvalue weighted by atomic mass is 19.1. The lowest BCUT2D eigenvalue weighted by molar-refractivity contribution is 0.463. The van der Waals surface area contributed by atoms with Gasteiger partial charge in [-0.25, -0.2) is 18.8 Å². The Bertz CT molecular complexity index is 1470. The Labute approximate surface area is 187 Å². The molecule has 1 N–H and O–H groups in total. The van der Waals surface area contributed by atoms with Gasteiger partial charge in [0.05, 0.1) is 22.8 Å². The van der Waals surface area contributed by atoms with Crippen LogP contribution in [-0.2, 0) is 0 Å². The highest BCUT2D eigenvalue weighted by Crippen LogP contribution is 2.40. The van der Waals surface area contributed by atoms with E-state index in [0.29, 0.717) is 34.3 Å². The van der Waals surface area contributed by atoms with E-state index >= 15 is 0 Å². The zero-order valence-corrected chi connectivity index (χ0v) is 17.1.